The maximum absolute atomic E-state index is 12.7. The average Bonchev–Trinajstić information content (AvgIpc) is 3.17. The first-order valence-corrected chi connectivity index (χ1v) is 18.6. The van der Waals surface area contributed by atoms with Crippen LogP contribution in [0.3, 0.4) is 0 Å². The maximum atomic E-state index is 12.7. The van der Waals surface area contributed by atoms with Gasteiger partial charge in [-0.1, -0.05) is 54.6 Å². The summed E-state index contributed by atoms with van der Waals surface area (Å²) < 4.78 is 16.9. The van der Waals surface area contributed by atoms with Crippen LogP contribution in [0.2, 0.25) is 0 Å². The van der Waals surface area contributed by atoms with Crippen LogP contribution in [-0.4, -0.2) is 81.0 Å². The van der Waals surface area contributed by atoms with Crippen LogP contribution in [0, 0.1) is 26.7 Å². The molecule has 4 N–H and O–H groups in total. The zero-order chi connectivity index (χ0) is 39.0. The highest BCUT2D eigenvalue weighted by atomic mass is 16.5. The highest BCUT2D eigenvalue weighted by molar-refractivity contribution is 5.78. The third-order valence-electron chi connectivity index (χ3n) is 9.48. The van der Waals surface area contributed by atoms with Crippen molar-refractivity contribution in [2.75, 3.05) is 54.1 Å². The van der Waals surface area contributed by atoms with E-state index in [0.29, 0.717) is 56.0 Å². The molecule has 0 saturated heterocycles. The Bertz CT molecular complexity index is 1810. The fourth-order valence-corrected chi connectivity index (χ4v) is 6.18. The topological polar surface area (TPSA) is 130 Å². The molecule has 0 aromatic heterocycles. The number of aliphatic hydroxyl groups excluding tert-OH is 2. The highest BCUT2D eigenvalue weighted by Crippen LogP contribution is 2.26. The number of benzene rings is 4. The van der Waals surface area contributed by atoms with Gasteiger partial charge in [0, 0.05) is 25.6 Å². The first kappa shape index (κ1) is 41.9. The molecule has 0 aliphatic rings. The third kappa shape index (κ3) is 13.8. The molecule has 0 heterocycles. The third-order valence-corrected chi connectivity index (χ3v) is 9.48. The van der Waals surface area contributed by atoms with Gasteiger partial charge in [0.25, 0.3) is 11.8 Å². The molecule has 0 aliphatic carbocycles. The molecular weight excluding hydrogens is 682 g/mol. The summed E-state index contributed by atoms with van der Waals surface area (Å²) in [6.45, 7) is 7.13. The molecule has 0 saturated carbocycles. The molecule has 0 spiro atoms. The highest BCUT2D eigenvalue weighted by Gasteiger charge is 2.16. The number of nitrogens with one attached hydrogen (secondary N) is 2. The van der Waals surface area contributed by atoms with Crippen LogP contribution >= 0.6 is 0 Å². The predicted octanol–water partition coefficient (Wildman–Crippen LogP) is 5.82. The standard InChI is InChI=1S/C44H57N3O7/c1-30-13-15-33(21-32(30)3)17-19-40(48)36-9-7-11-38(23-36)53-28-43(50)45-25-35(27-47(4)5)26-46-44(51)29-54-39-12-8-10-37(24-39)41(49)20-18-34-16-14-31(2)42(22-34)52-6/h7-16,21-24,35,40-41,48-49H,17-20,25-29H2,1-6H3,(H,45,50)(H,46,51)/t35?,40-,41-/m1/s1. The Morgan fingerprint density at radius 2 is 1.17 bits per heavy atom. The van der Waals surface area contributed by atoms with Gasteiger partial charge in [0.15, 0.2) is 13.2 Å². The molecule has 4 aromatic rings. The molecule has 3 atom stereocenters. The normalized spacial score (nSPS) is 12.8. The molecule has 10 heteroatoms. The first-order chi connectivity index (χ1) is 25.9. The van der Waals surface area contributed by atoms with E-state index in [1.807, 2.05) is 62.3 Å². The molecule has 0 aliphatic heterocycles. The Labute approximate surface area is 320 Å². The van der Waals surface area contributed by atoms with Crippen LogP contribution in [0.15, 0.2) is 84.9 Å². The maximum Gasteiger partial charge on any atom is 0.257 e. The lowest BCUT2D eigenvalue weighted by Gasteiger charge is -2.22. The fourth-order valence-electron chi connectivity index (χ4n) is 6.18. The minimum atomic E-state index is -0.690. The van der Waals surface area contributed by atoms with Crippen LogP contribution in [0.5, 0.6) is 17.2 Å². The van der Waals surface area contributed by atoms with E-state index in [9.17, 15) is 19.8 Å². The van der Waals surface area contributed by atoms with Crippen molar-refractivity contribution in [3.05, 3.63) is 124 Å². The van der Waals surface area contributed by atoms with Crippen molar-refractivity contribution in [3.8, 4) is 17.2 Å². The van der Waals surface area contributed by atoms with Crippen molar-refractivity contribution in [3.63, 3.8) is 0 Å². The number of amides is 2. The Kier molecular flexibility index (Phi) is 16.4. The number of hydrogen-bond acceptors (Lipinski definition) is 8. The van der Waals surface area contributed by atoms with Gasteiger partial charge in [0.2, 0.25) is 0 Å². The van der Waals surface area contributed by atoms with E-state index in [4.69, 9.17) is 14.2 Å². The van der Waals surface area contributed by atoms with Gasteiger partial charge in [-0.05, 0) is 130 Å². The number of methoxy groups -OCH3 is 1. The van der Waals surface area contributed by atoms with Gasteiger partial charge in [-0.2, -0.15) is 0 Å². The van der Waals surface area contributed by atoms with Crippen LogP contribution in [-0.2, 0) is 22.4 Å². The first-order valence-electron chi connectivity index (χ1n) is 18.6. The molecule has 4 rings (SSSR count). The minimum absolute atomic E-state index is 0.0596. The monoisotopic (exact) mass is 739 g/mol. The minimum Gasteiger partial charge on any atom is -0.496 e. The molecule has 10 nitrogen and oxygen atoms in total. The molecule has 0 bridgehead atoms. The lowest BCUT2D eigenvalue weighted by atomic mass is 9.99. The van der Waals surface area contributed by atoms with Crippen molar-refractivity contribution < 1.29 is 34.0 Å². The number of aryl methyl sites for hydroxylation is 5. The molecule has 0 fully saturated rings. The smallest absolute Gasteiger partial charge is 0.257 e. The molecule has 0 radical (unpaired) electrons. The summed E-state index contributed by atoms with van der Waals surface area (Å²) in [6.07, 6.45) is 1.19. The fraction of sp³-hybridized carbons (Fsp3) is 0.409. The lowest BCUT2D eigenvalue weighted by molar-refractivity contribution is -0.123. The number of hydrogen-bond donors (Lipinski definition) is 4. The van der Waals surface area contributed by atoms with Crippen molar-refractivity contribution in [1.29, 1.82) is 0 Å². The summed E-state index contributed by atoms with van der Waals surface area (Å²) >= 11 is 0. The predicted molar refractivity (Wildman–Crippen MR) is 212 cm³/mol. The van der Waals surface area contributed by atoms with E-state index in [1.54, 1.807) is 37.4 Å². The lowest BCUT2D eigenvalue weighted by Crippen LogP contribution is -2.43. The van der Waals surface area contributed by atoms with Gasteiger partial charge in [-0.3, -0.25) is 9.59 Å². The van der Waals surface area contributed by atoms with E-state index in [-0.39, 0.29) is 30.9 Å². The van der Waals surface area contributed by atoms with Gasteiger partial charge in [-0.15, -0.1) is 0 Å². The molecule has 4 aromatic carbocycles. The van der Waals surface area contributed by atoms with Crippen LogP contribution < -0.4 is 24.8 Å². The Morgan fingerprint density at radius 3 is 1.65 bits per heavy atom. The summed E-state index contributed by atoms with van der Waals surface area (Å²) in [5.74, 6) is 1.20. The molecule has 2 amide bonds. The SMILES string of the molecule is COc1cc(CC[C@@H](O)c2cccc(OCC(=O)NCC(CNC(=O)COc3cccc([C@H](O)CCc4ccc(C)c(C)c4)c3)CN(C)C)c2)ccc1C. The van der Waals surface area contributed by atoms with E-state index in [1.165, 1.54) is 16.7 Å². The second kappa shape index (κ2) is 21.1. The summed E-state index contributed by atoms with van der Waals surface area (Å²) in [5, 5.41) is 27.5. The number of carbonyl (C=O) groups is 2. The van der Waals surface area contributed by atoms with Crippen LogP contribution in [0.4, 0.5) is 0 Å². The van der Waals surface area contributed by atoms with Crippen molar-refractivity contribution in [1.82, 2.24) is 15.5 Å². The second-order valence-corrected chi connectivity index (χ2v) is 14.3. The zero-order valence-electron chi connectivity index (χ0n) is 32.6. The van der Waals surface area contributed by atoms with Gasteiger partial charge < -0.3 is 40.0 Å². The largest absolute Gasteiger partial charge is 0.496 e. The van der Waals surface area contributed by atoms with Crippen molar-refractivity contribution >= 4 is 11.8 Å². The Morgan fingerprint density at radius 1 is 0.667 bits per heavy atom. The zero-order valence-corrected chi connectivity index (χ0v) is 32.6. The quantitative estimate of drug-likeness (QED) is 0.0842. The van der Waals surface area contributed by atoms with Crippen LogP contribution in [0.25, 0.3) is 0 Å². The van der Waals surface area contributed by atoms with Crippen molar-refractivity contribution in [2.45, 2.75) is 58.7 Å². The molecule has 290 valence electrons. The Balaban J connectivity index is 1.18. The summed E-state index contributed by atoms with van der Waals surface area (Å²) in [6, 6.07) is 26.8. The summed E-state index contributed by atoms with van der Waals surface area (Å²) in [5.41, 5.74) is 7.27. The number of nitrogens with zero attached hydrogens (tertiary/aromatic N) is 1. The average molecular weight is 740 g/mol. The molecular formula is C44H57N3O7. The second-order valence-electron chi connectivity index (χ2n) is 14.3. The molecule has 54 heavy (non-hydrogen) atoms. The number of aliphatic hydroxyl groups is 2. The number of rotatable bonds is 21. The number of carbonyl (C=O) groups excluding carboxylic acids is 2. The van der Waals surface area contributed by atoms with Crippen molar-refractivity contribution in [2.24, 2.45) is 5.92 Å². The van der Waals surface area contributed by atoms with E-state index in [2.05, 4.69) is 42.7 Å². The van der Waals surface area contributed by atoms with E-state index < -0.39 is 12.2 Å². The van der Waals surface area contributed by atoms with E-state index in [0.717, 1.165) is 28.9 Å². The van der Waals surface area contributed by atoms with E-state index >= 15 is 0 Å². The van der Waals surface area contributed by atoms with Gasteiger partial charge in [-0.25, -0.2) is 0 Å². The Hall–Kier alpha value is -4.90. The number of ether oxygens (including phenoxy) is 3. The van der Waals surface area contributed by atoms with Gasteiger partial charge >= 0.3 is 0 Å². The van der Waals surface area contributed by atoms with Crippen LogP contribution in [0.1, 0.15) is 64.0 Å². The van der Waals surface area contributed by atoms with Gasteiger partial charge in [0.05, 0.1) is 19.3 Å². The summed E-state index contributed by atoms with van der Waals surface area (Å²) in [7, 11) is 5.52. The van der Waals surface area contributed by atoms with Gasteiger partial charge in [0.1, 0.15) is 17.2 Å². The molecule has 1 unspecified atom stereocenters. The summed E-state index contributed by atoms with van der Waals surface area (Å²) in [4.78, 5) is 27.5.